The number of thiocarbonyl (C=S) groups is 1. The van der Waals surface area contributed by atoms with Gasteiger partial charge in [0.05, 0.1) is 4.88 Å². The van der Waals surface area contributed by atoms with E-state index in [9.17, 15) is 4.79 Å². The van der Waals surface area contributed by atoms with E-state index in [1.54, 1.807) is 6.07 Å². The van der Waals surface area contributed by atoms with Gasteiger partial charge in [0.1, 0.15) is 0 Å². The summed E-state index contributed by atoms with van der Waals surface area (Å²) in [7, 11) is 0. The number of thiophene rings is 1. The number of piperidine rings is 1. The smallest absolute Gasteiger partial charge is 0.267 e. The van der Waals surface area contributed by atoms with Gasteiger partial charge in [0.25, 0.3) is 5.91 Å². The van der Waals surface area contributed by atoms with Crippen LogP contribution in [0.3, 0.4) is 0 Å². The van der Waals surface area contributed by atoms with Crippen LogP contribution in [0.15, 0.2) is 41.8 Å². The van der Waals surface area contributed by atoms with Gasteiger partial charge in [-0.05, 0) is 67.3 Å². The number of rotatable bonds is 4. The second kappa shape index (κ2) is 8.37. The first-order valence-electron chi connectivity index (χ1n) is 8.18. The van der Waals surface area contributed by atoms with Crippen LogP contribution in [0.4, 0.5) is 5.69 Å². The molecule has 0 saturated carbocycles. The molecule has 2 N–H and O–H groups in total. The summed E-state index contributed by atoms with van der Waals surface area (Å²) < 4.78 is 0. The van der Waals surface area contributed by atoms with E-state index in [1.807, 2.05) is 23.6 Å². The second-order valence-corrected chi connectivity index (χ2v) is 7.28. The highest BCUT2D eigenvalue weighted by Crippen LogP contribution is 2.15. The minimum absolute atomic E-state index is 0.177. The summed E-state index contributed by atoms with van der Waals surface area (Å²) in [5.74, 6) is -0.177. The lowest BCUT2D eigenvalue weighted by atomic mass is 10.1. The zero-order valence-electron chi connectivity index (χ0n) is 13.5. The number of hydrogen-bond acceptors (Lipinski definition) is 4. The van der Waals surface area contributed by atoms with Crippen LogP contribution in [-0.4, -0.2) is 29.0 Å². The third kappa shape index (κ3) is 4.87. The molecule has 0 bridgehead atoms. The summed E-state index contributed by atoms with van der Waals surface area (Å²) >= 11 is 6.60. The molecule has 1 fully saturated rings. The Morgan fingerprint density at radius 1 is 1.12 bits per heavy atom. The van der Waals surface area contributed by atoms with E-state index >= 15 is 0 Å². The van der Waals surface area contributed by atoms with Gasteiger partial charge in [0.15, 0.2) is 5.11 Å². The van der Waals surface area contributed by atoms with Crippen LogP contribution in [0.5, 0.6) is 0 Å². The van der Waals surface area contributed by atoms with Crippen molar-refractivity contribution in [1.29, 1.82) is 0 Å². The zero-order valence-corrected chi connectivity index (χ0v) is 15.1. The summed E-state index contributed by atoms with van der Waals surface area (Å²) in [5, 5.41) is 7.94. The third-order valence-electron chi connectivity index (χ3n) is 4.04. The highest BCUT2D eigenvalue weighted by atomic mass is 32.1. The number of anilines is 1. The van der Waals surface area contributed by atoms with Crippen molar-refractivity contribution in [3.05, 3.63) is 52.2 Å². The first-order chi connectivity index (χ1) is 11.7. The van der Waals surface area contributed by atoms with Crippen molar-refractivity contribution in [2.24, 2.45) is 0 Å². The fourth-order valence-corrected chi connectivity index (χ4v) is 3.63. The van der Waals surface area contributed by atoms with Crippen LogP contribution in [0.25, 0.3) is 0 Å². The Kier molecular flexibility index (Phi) is 5.96. The van der Waals surface area contributed by atoms with Crippen LogP contribution in [0.1, 0.15) is 34.5 Å². The molecule has 0 atom stereocenters. The maximum absolute atomic E-state index is 11.9. The molecule has 1 aromatic carbocycles. The number of carbonyl (C=O) groups is 1. The summed E-state index contributed by atoms with van der Waals surface area (Å²) in [5.41, 5.74) is 2.19. The van der Waals surface area contributed by atoms with Gasteiger partial charge in [-0.15, -0.1) is 11.3 Å². The molecule has 1 aliphatic heterocycles. The summed E-state index contributed by atoms with van der Waals surface area (Å²) in [4.78, 5) is 15.1. The molecule has 0 radical (unpaired) electrons. The van der Waals surface area contributed by atoms with Crippen molar-refractivity contribution in [2.75, 3.05) is 18.4 Å². The van der Waals surface area contributed by atoms with Crippen molar-refractivity contribution in [3.8, 4) is 0 Å². The number of nitrogens with one attached hydrogen (secondary N) is 2. The normalized spacial score (nSPS) is 15.0. The Balaban J connectivity index is 1.50. The molecule has 2 aromatic rings. The molecule has 3 rings (SSSR count). The van der Waals surface area contributed by atoms with E-state index in [1.165, 1.54) is 49.3 Å². The quantitative estimate of drug-likeness (QED) is 0.814. The maximum Gasteiger partial charge on any atom is 0.267 e. The van der Waals surface area contributed by atoms with Gasteiger partial charge in [-0.2, -0.15) is 0 Å². The van der Waals surface area contributed by atoms with E-state index in [2.05, 4.69) is 27.7 Å². The summed E-state index contributed by atoms with van der Waals surface area (Å²) in [6.07, 6.45) is 3.96. The van der Waals surface area contributed by atoms with Crippen LogP contribution < -0.4 is 10.6 Å². The molecular weight excluding hydrogens is 338 g/mol. The van der Waals surface area contributed by atoms with Crippen molar-refractivity contribution in [2.45, 2.75) is 25.8 Å². The average molecular weight is 360 g/mol. The Morgan fingerprint density at radius 2 is 1.88 bits per heavy atom. The van der Waals surface area contributed by atoms with Gasteiger partial charge in [-0.25, -0.2) is 0 Å². The van der Waals surface area contributed by atoms with E-state index in [4.69, 9.17) is 12.2 Å². The van der Waals surface area contributed by atoms with Crippen LogP contribution in [0, 0.1) is 0 Å². The van der Waals surface area contributed by atoms with Crippen molar-refractivity contribution in [1.82, 2.24) is 10.2 Å². The van der Waals surface area contributed by atoms with Crippen LogP contribution in [0.2, 0.25) is 0 Å². The van der Waals surface area contributed by atoms with Gasteiger partial charge in [-0.1, -0.05) is 24.6 Å². The number of amides is 1. The highest BCUT2D eigenvalue weighted by molar-refractivity contribution is 7.80. The lowest BCUT2D eigenvalue weighted by Crippen LogP contribution is -2.33. The molecule has 1 aromatic heterocycles. The summed E-state index contributed by atoms with van der Waals surface area (Å²) in [6.45, 7) is 3.39. The molecule has 0 unspecified atom stereocenters. The van der Waals surface area contributed by atoms with Crippen molar-refractivity contribution in [3.63, 3.8) is 0 Å². The van der Waals surface area contributed by atoms with Gasteiger partial charge in [-0.3, -0.25) is 15.0 Å². The number of carbonyl (C=O) groups excluding carboxylic acids is 1. The fourth-order valence-electron chi connectivity index (χ4n) is 2.80. The fraction of sp³-hybridized carbons (Fsp3) is 0.333. The third-order valence-corrected chi connectivity index (χ3v) is 5.11. The molecule has 1 aliphatic rings. The molecule has 1 amide bonds. The Morgan fingerprint density at radius 3 is 2.54 bits per heavy atom. The first-order valence-corrected chi connectivity index (χ1v) is 9.46. The average Bonchev–Trinajstić information content (AvgIpc) is 3.12. The molecule has 0 aliphatic carbocycles. The SMILES string of the molecule is O=C(NC(=S)Nc1ccc(CN2CCCCC2)cc1)c1cccs1. The first kappa shape index (κ1) is 17.1. The van der Waals surface area contributed by atoms with Gasteiger partial charge in [0, 0.05) is 12.2 Å². The molecule has 2 heterocycles. The van der Waals surface area contributed by atoms with Gasteiger partial charge in [0.2, 0.25) is 0 Å². The molecule has 0 spiro atoms. The highest BCUT2D eigenvalue weighted by Gasteiger charge is 2.11. The summed E-state index contributed by atoms with van der Waals surface area (Å²) in [6, 6.07) is 11.8. The minimum Gasteiger partial charge on any atom is -0.332 e. The number of hydrogen-bond donors (Lipinski definition) is 2. The standard InChI is InChI=1S/C18H21N3OS2/c22-17(16-5-4-12-24-16)20-18(23)19-15-8-6-14(7-9-15)13-21-10-2-1-3-11-21/h4-9,12H,1-3,10-11,13H2,(H2,19,20,22,23). The number of benzene rings is 1. The monoisotopic (exact) mass is 359 g/mol. The Hall–Kier alpha value is -1.76. The van der Waals surface area contributed by atoms with E-state index in [0.717, 1.165) is 12.2 Å². The van der Waals surface area contributed by atoms with Crippen LogP contribution >= 0.6 is 23.6 Å². The topological polar surface area (TPSA) is 44.4 Å². The Labute approximate surface area is 151 Å². The Bertz CT molecular complexity index is 677. The molecule has 6 heteroatoms. The molecule has 24 heavy (non-hydrogen) atoms. The molecule has 1 saturated heterocycles. The van der Waals surface area contributed by atoms with Crippen molar-refractivity contribution >= 4 is 40.3 Å². The van der Waals surface area contributed by atoms with Gasteiger partial charge >= 0.3 is 0 Å². The van der Waals surface area contributed by atoms with E-state index in [0.29, 0.717) is 9.99 Å². The number of nitrogens with zero attached hydrogens (tertiary/aromatic N) is 1. The van der Waals surface area contributed by atoms with E-state index < -0.39 is 0 Å². The number of likely N-dealkylation sites (tertiary alicyclic amines) is 1. The second-order valence-electron chi connectivity index (χ2n) is 5.92. The molecule has 4 nitrogen and oxygen atoms in total. The van der Waals surface area contributed by atoms with Crippen molar-refractivity contribution < 1.29 is 4.79 Å². The molecule has 126 valence electrons. The minimum atomic E-state index is -0.177. The maximum atomic E-state index is 11.9. The van der Waals surface area contributed by atoms with Gasteiger partial charge < -0.3 is 5.32 Å². The van der Waals surface area contributed by atoms with E-state index in [-0.39, 0.29) is 5.91 Å². The lowest BCUT2D eigenvalue weighted by molar-refractivity contribution is 0.0981. The predicted octanol–water partition coefficient (Wildman–Crippen LogP) is 3.86. The lowest BCUT2D eigenvalue weighted by Gasteiger charge is -2.26. The predicted molar refractivity (Wildman–Crippen MR) is 104 cm³/mol. The zero-order chi connectivity index (χ0) is 16.8. The molecular formula is C18H21N3OS2. The van der Waals surface area contributed by atoms with Crippen LogP contribution in [-0.2, 0) is 6.54 Å². The largest absolute Gasteiger partial charge is 0.332 e.